The number of hydrogen-bond acceptors (Lipinski definition) is 7. The van der Waals surface area contributed by atoms with E-state index in [1.54, 1.807) is 36.4 Å². The number of nitrogens with zero attached hydrogens (tertiary/aromatic N) is 6. The van der Waals surface area contributed by atoms with E-state index in [1.165, 1.54) is 34.3 Å². The normalized spacial score (nSPS) is 25.1. The largest absolute Gasteiger partial charge is 0.271 e. The third-order valence-corrected chi connectivity index (χ3v) is 8.63. The summed E-state index contributed by atoms with van der Waals surface area (Å²) in [5.41, 5.74) is 4.67. The highest BCUT2D eigenvalue weighted by Gasteiger charge is 2.55. The van der Waals surface area contributed by atoms with Crippen molar-refractivity contribution >= 4 is 35.2 Å². The number of hydrazone groups is 1. The average molecular weight is 595 g/mol. The van der Waals surface area contributed by atoms with Gasteiger partial charge >= 0.3 is 0 Å². The summed E-state index contributed by atoms with van der Waals surface area (Å²) >= 11 is 0. The van der Waals surface area contributed by atoms with Crippen LogP contribution in [0.15, 0.2) is 93.8 Å². The second-order valence-corrected chi connectivity index (χ2v) is 11.5. The van der Waals surface area contributed by atoms with E-state index in [2.05, 4.69) is 10.3 Å². The van der Waals surface area contributed by atoms with Gasteiger partial charge in [-0.05, 0) is 85.4 Å². The van der Waals surface area contributed by atoms with E-state index in [1.807, 2.05) is 25.1 Å². The highest BCUT2D eigenvalue weighted by Crippen LogP contribution is 2.45. The predicted molar refractivity (Wildman–Crippen MR) is 158 cm³/mol. The molecule has 2 fully saturated rings. The lowest BCUT2D eigenvalue weighted by Gasteiger charge is -2.30. The van der Waals surface area contributed by atoms with Crippen molar-refractivity contribution in [2.24, 2.45) is 21.4 Å². The molecule has 3 amide bonds. The van der Waals surface area contributed by atoms with Crippen LogP contribution in [0.5, 0.6) is 0 Å². The lowest BCUT2D eigenvalue weighted by molar-refractivity contribution is -0.136. The van der Waals surface area contributed by atoms with E-state index in [0.717, 1.165) is 52.1 Å². The van der Waals surface area contributed by atoms with Gasteiger partial charge in [-0.1, -0.05) is 47.2 Å². The molecule has 3 heterocycles. The van der Waals surface area contributed by atoms with Crippen molar-refractivity contribution in [3.05, 3.63) is 107 Å². The Kier molecular flexibility index (Phi) is 6.87. The van der Waals surface area contributed by atoms with Gasteiger partial charge in [-0.3, -0.25) is 19.4 Å². The third kappa shape index (κ3) is 4.78. The number of amides is 3. The molecule has 0 radical (unpaired) electrons. The maximum absolute atomic E-state index is 14.0. The number of anilines is 1. The van der Waals surface area contributed by atoms with Gasteiger partial charge in [0.2, 0.25) is 0 Å². The summed E-state index contributed by atoms with van der Waals surface area (Å²) in [6.07, 6.45) is 4.31. The Balaban J connectivity index is 1.18. The smallest absolute Gasteiger partial charge is 0.264 e. The van der Waals surface area contributed by atoms with Crippen molar-refractivity contribution in [1.82, 2.24) is 10.0 Å². The molecule has 0 unspecified atom stereocenters. The zero-order valence-electron chi connectivity index (χ0n) is 23.8. The Labute approximate surface area is 252 Å². The Hall–Kier alpha value is -5.06. The monoisotopic (exact) mass is 594 g/mol. The Morgan fingerprint density at radius 2 is 1.59 bits per heavy atom. The van der Waals surface area contributed by atoms with E-state index >= 15 is 0 Å². The first-order valence-electron chi connectivity index (χ1n) is 14.5. The van der Waals surface area contributed by atoms with Gasteiger partial charge < -0.3 is 0 Å². The molecule has 44 heavy (non-hydrogen) atoms. The molecule has 4 aliphatic rings. The molecule has 1 aliphatic carbocycles. The van der Waals surface area contributed by atoms with Crippen molar-refractivity contribution in [1.29, 1.82) is 0 Å². The summed E-state index contributed by atoms with van der Waals surface area (Å²) in [7, 11) is 0. The minimum Gasteiger partial charge on any atom is -0.271 e. The highest BCUT2D eigenvalue weighted by atomic mass is 19.1. The number of allylic oxidation sites excluding steroid dienone is 1. The van der Waals surface area contributed by atoms with Crippen molar-refractivity contribution in [2.75, 3.05) is 11.4 Å². The molecule has 0 spiro atoms. The van der Waals surface area contributed by atoms with Crippen molar-refractivity contribution < 1.29 is 23.2 Å². The lowest BCUT2D eigenvalue weighted by atomic mass is 9.77. The molecule has 1 saturated carbocycles. The highest BCUT2D eigenvalue weighted by molar-refractivity contribution is 6.25. The summed E-state index contributed by atoms with van der Waals surface area (Å²) in [6.45, 7) is 1.58. The molecule has 1 saturated heterocycles. The van der Waals surface area contributed by atoms with Crippen molar-refractivity contribution in [3.8, 4) is 0 Å². The Morgan fingerprint density at radius 1 is 0.909 bits per heavy atom. The zero-order chi connectivity index (χ0) is 30.5. The predicted octanol–water partition coefficient (Wildman–Crippen LogP) is 5.39. The van der Waals surface area contributed by atoms with Crippen LogP contribution < -0.4 is 4.90 Å². The number of imide groups is 1. The fourth-order valence-electron chi connectivity index (χ4n) is 6.47. The van der Waals surface area contributed by atoms with Crippen LogP contribution in [0.1, 0.15) is 42.0 Å². The third-order valence-electron chi connectivity index (χ3n) is 8.63. The summed E-state index contributed by atoms with van der Waals surface area (Å²) in [6, 6.07) is 16.6. The van der Waals surface area contributed by atoms with Crippen LogP contribution in [0.25, 0.3) is 6.08 Å². The number of hydrogen-bond donors (Lipinski definition) is 0. The van der Waals surface area contributed by atoms with Crippen LogP contribution >= 0.6 is 0 Å². The molecule has 0 N–H and O–H groups in total. The van der Waals surface area contributed by atoms with E-state index < -0.39 is 41.7 Å². The molecule has 4 atom stereocenters. The van der Waals surface area contributed by atoms with Gasteiger partial charge in [-0.2, -0.15) is 10.2 Å². The van der Waals surface area contributed by atoms with Gasteiger partial charge in [0.15, 0.2) is 12.1 Å². The van der Waals surface area contributed by atoms with Gasteiger partial charge in [0.05, 0.1) is 17.4 Å². The number of carbonyl (C=O) groups excluding carboxylic acids is 3. The van der Waals surface area contributed by atoms with Gasteiger partial charge in [-0.25, -0.2) is 18.7 Å². The molecule has 3 aliphatic heterocycles. The van der Waals surface area contributed by atoms with Crippen LogP contribution in [0.2, 0.25) is 0 Å². The summed E-state index contributed by atoms with van der Waals surface area (Å²) in [5.74, 6) is -2.29. The molecule has 7 rings (SSSR count). The first-order chi connectivity index (χ1) is 21.3. The number of benzene rings is 3. The Morgan fingerprint density at radius 3 is 2.30 bits per heavy atom. The lowest BCUT2D eigenvalue weighted by Crippen LogP contribution is -2.45. The molecular formula is C33H28F2N6O3. The van der Waals surface area contributed by atoms with Gasteiger partial charge in [0.25, 0.3) is 17.7 Å². The molecule has 3 aromatic rings. The second-order valence-electron chi connectivity index (χ2n) is 11.5. The second kappa shape index (κ2) is 10.9. The molecule has 0 bridgehead atoms. The summed E-state index contributed by atoms with van der Waals surface area (Å²) in [4.78, 5) is 41.7. The van der Waals surface area contributed by atoms with E-state index in [-0.39, 0.29) is 18.3 Å². The minimum absolute atomic E-state index is 0.149. The number of halogens is 2. The van der Waals surface area contributed by atoms with Crippen LogP contribution in [0, 0.1) is 24.5 Å². The van der Waals surface area contributed by atoms with Crippen molar-refractivity contribution in [3.63, 3.8) is 0 Å². The number of fused-ring (bicyclic) bond motifs is 2. The SMILES string of the molecule is Cc1ccc(N2C(=O)[C@@H]3[C@@H](N=NN3CC(=O)N3N=C4/C(=C/c5ccc(F)cc5)CCC[C@H]4[C@H]3c3ccc(F)cc3)C2=O)cc1. The number of carbonyl (C=O) groups is 3. The van der Waals surface area contributed by atoms with E-state index in [9.17, 15) is 23.2 Å². The molecular weight excluding hydrogens is 566 g/mol. The zero-order valence-corrected chi connectivity index (χ0v) is 23.8. The average Bonchev–Trinajstić information content (AvgIpc) is 3.69. The maximum atomic E-state index is 14.0. The van der Waals surface area contributed by atoms with Crippen molar-refractivity contribution in [2.45, 2.75) is 44.3 Å². The van der Waals surface area contributed by atoms with Gasteiger partial charge in [0, 0.05) is 5.92 Å². The topological polar surface area (TPSA) is 98.0 Å². The fraction of sp³-hybridized carbons (Fsp3) is 0.273. The van der Waals surface area contributed by atoms with Crippen LogP contribution in [0.3, 0.4) is 0 Å². The van der Waals surface area contributed by atoms with Crippen LogP contribution in [-0.4, -0.2) is 52.1 Å². The van der Waals surface area contributed by atoms with Crippen LogP contribution in [0.4, 0.5) is 14.5 Å². The molecule has 222 valence electrons. The molecule has 9 nitrogen and oxygen atoms in total. The molecule has 0 aromatic heterocycles. The molecule has 11 heteroatoms. The summed E-state index contributed by atoms with van der Waals surface area (Å²) < 4.78 is 27.4. The molecule has 3 aromatic carbocycles. The first kappa shape index (κ1) is 27.8. The fourth-order valence-corrected chi connectivity index (χ4v) is 6.47. The quantitative estimate of drug-likeness (QED) is 0.370. The van der Waals surface area contributed by atoms with E-state index in [0.29, 0.717) is 5.69 Å². The summed E-state index contributed by atoms with van der Waals surface area (Å²) in [5, 5.41) is 15.6. The van der Waals surface area contributed by atoms with Gasteiger partial charge in [0.1, 0.15) is 18.2 Å². The maximum Gasteiger partial charge on any atom is 0.264 e. The first-order valence-corrected chi connectivity index (χ1v) is 14.5. The van der Waals surface area contributed by atoms with Crippen LogP contribution in [-0.2, 0) is 14.4 Å². The minimum atomic E-state index is -1.04. The number of rotatable bonds is 5. The Bertz CT molecular complexity index is 1740. The number of aryl methyl sites for hydroxylation is 1. The standard InChI is InChI=1S/C33H28F2N6O3/c1-19-5-15-25(16-6-19)40-32(43)29-31(33(40)44)39(38-36-29)18-27(42)41-30(21-9-13-24(35)14-10-21)26-4-2-3-22(28(26)37-41)17-20-7-11-23(34)12-8-20/h5-17,26,29-31H,2-4,18H2,1H3/b22-17+/t26-,29-,30-,31+/m1/s1. The van der Waals surface area contributed by atoms with E-state index in [4.69, 9.17) is 5.10 Å². The van der Waals surface area contributed by atoms with Gasteiger partial charge in [-0.15, -0.1) is 0 Å².